The second-order valence-electron chi connectivity index (χ2n) is 7.39. The molecule has 4 atom stereocenters. The molecule has 1 saturated carbocycles. The Hall–Kier alpha value is -3.10. The molecule has 29 heavy (non-hydrogen) atoms. The minimum atomic E-state index is -4.72. The van der Waals surface area contributed by atoms with E-state index in [1.807, 2.05) is 6.08 Å². The van der Waals surface area contributed by atoms with E-state index in [0.717, 1.165) is 4.68 Å². The van der Waals surface area contributed by atoms with E-state index in [-0.39, 0.29) is 28.8 Å². The number of aryl methyl sites for hydroxylation is 1. The molecule has 0 unspecified atom stereocenters. The molecule has 1 aromatic carbocycles. The fourth-order valence-electron chi connectivity index (χ4n) is 4.46. The van der Waals surface area contributed by atoms with Gasteiger partial charge in [-0.15, -0.1) is 0 Å². The average Bonchev–Trinajstić information content (AvgIpc) is 3.35. The van der Waals surface area contributed by atoms with E-state index in [2.05, 4.69) is 10.4 Å². The molecule has 6 nitrogen and oxygen atoms in total. The zero-order valence-electron chi connectivity index (χ0n) is 15.3. The third-order valence-corrected chi connectivity index (χ3v) is 5.67. The normalized spacial score (nSPS) is 25.4. The van der Waals surface area contributed by atoms with E-state index in [4.69, 9.17) is 0 Å². The molecule has 1 aromatic heterocycles. The molecule has 2 bridgehead atoms. The van der Waals surface area contributed by atoms with E-state index in [0.29, 0.717) is 6.42 Å². The number of allylic oxidation sites excluding steroid dienone is 2. The highest BCUT2D eigenvalue weighted by atomic mass is 19.4. The molecule has 0 spiro atoms. The number of amides is 1. The number of rotatable bonds is 4. The predicted molar refractivity (Wildman–Crippen MR) is 97.6 cm³/mol. The standard InChI is InChI=1S/C20H18F3N3O3/c1-26-17(15(10-5-3-2-4-6-10)16(25-26)20(21,22)23)24-18(27)13-11-7-8-12(9-11)14(13)19(28)29/h2-8,11-14H,9H2,1H3,(H,24,27)(H,28,29)/t11-,12-,13+,14-/m0/s1. The number of aliphatic carboxylic acids is 1. The molecular formula is C20H18F3N3O3. The highest BCUT2D eigenvalue weighted by molar-refractivity contribution is 5.99. The van der Waals surface area contributed by atoms with E-state index >= 15 is 0 Å². The summed E-state index contributed by atoms with van der Waals surface area (Å²) in [6.07, 6.45) is -0.546. The minimum absolute atomic E-state index is 0.107. The van der Waals surface area contributed by atoms with E-state index in [1.54, 1.807) is 24.3 Å². The summed E-state index contributed by atoms with van der Waals surface area (Å²) in [7, 11) is 1.31. The van der Waals surface area contributed by atoms with Crippen molar-refractivity contribution in [1.29, 1.82) is 0 Å². The SMILES string of the molecule is Cn1nc(C(F)(F)F)c(-c2ccccc2)c1NC(=O)[C@H]1[C@@H](C(=O)O)[C@H]2C=C[C@H]1C2. The van der Waals surface area contributed by atoms with Crippen LogP contribution in [0, 0.1) is 23.7 Å². The average molecular weight is 405 g/mol. The highest BCUT2D eigenvalue weighted by Gasteiger charge is 2.52. The van der Waals surface area contributed by atoms with Gasteiger partial charge in [-0.1, -0.05) is 42.5 Å². The van der Waals surface area contributed by atoms with Gasteiger partial charge in [-0.25, -0.2) is 0 Å². The summed E-state index contributed by atoms with van der Waals surface area (Å²) in [6, 6.07) is 7.86. The second-order valence-corrected chi connectivity index (χ2v) is 7.39. The van der Waals surface area contributed by atoms with Crippen LogP contribution in [0.5, 0.6) is 0 Å². The Morgan fingerprint density at radius 3 is 2.34 bits per heavy atom. The highest BCUT2D eigenvalue weighted by Crippen LogP contribution is 2.49. The van der Waals surface area contributed by atoms with Crippen LogP contribution >= 0.6 is 0 Å². The van der Waals surface area contributed by atoms with Crippen LogP contribution in [-0.4, -0.2) is 26.8 Å². The van der Waals surface area contributed by atoms with Crippen LogP contribution in [0.4, 0.5) is 19.0 Å². The van der Waals surface area contributed by atoms with Gasteiger partial charge >= 0.3 is 12.1 Å². The topological polar surface area (TPSA) is 84.2 Å². The number of carboxylic acid groups (broad SMARTS) is 1. The zero-order chi connectivity index (χ0) is 20.9. The Balaban J connectivity index is 1.74. The lowest BCUT2D eigenvalue weighted by Gasteiger charge is -2.24. The molecule has 1 heterocycles. The number of fused-ring (bicyclic) bond motifs is 2. The number of nitrogens with one attached hydrogen (secondary N) is 1. The third-order valence-electron chi connectivity index (χ3n) is 5.67. The van der Waals surface area contributed by atoms with E-state index in [1.165, 1.54) is 19.2 Å². The first-order valence-electron chi connectivity index (χ1n) is 9.10. The van der Waals surface area contributed by atoms with Crippen LogP contribution in [-0.2, 0) is 22.8 Å². The van der Waals surface area contributed by atoms with Crippen molar-refractivity contribution in [2.75, 3.05) is 5.32 Å². The summed E-state index contributed by atoms with van der Waals surface area (Å²) in [4.78, 5) is 24.7. The number of alkyl halides is 3. The van der Waals surface area contributed by atoms with Crippen molar-refractivity contribution >= 4 is 17.7 Å². The largest absolute Gasteiger partial charge is 0.481 e. The van der Waals surface area contributed by atoms with Gasteiger partial charge in [-0.3, -0.25) is 14.3 Å². The minimum Gasteiger partial charge on any atom is -0.481 e. The van der Waals surface area contributed by atoms with Gasteiger partial charge in [0, 0.05) is 7.05 Å². The maximum atomic E-state index is 13.6. The van der Waals surface area contributed by atoms with Gasteiger partial charge in [0.25, 0.3) is 0 Å². The Labute approximate surface area is 164 Å². The summed E-state index contributed by atoms with van der Waals surface area (Å²) >= 11 is 0. The van der Waals surface area contributed by atoms with Gasteiger partial charge < -0.3 is 10.4 Å². The smallest absolute Gasteiger partial charge is 0.435 e. The molecule has 2 aliphatic rings. The van der Waals surface area contributed by atoms with Crippen molar-refractivity contribution in [3.8, 4) is 11.1 Å². The first-order valence-corrected chi connectivity index (χ1v) is 9.10. The van der Waals surface area contributed by atoms with Gasteiger partial charge in [0.15, 0.2) is 5.69 Å². The van der Waals surface area contributed by atoms with Crippen LogP contribution in [0.25, 0.3) is 11.1 Å². The molecule has 0 radical (unpaired) electrons. The lowest BCUT2D eigenvalue weighted by Crippen LogP contribution is -2.36. The predicted octanol–water partition coefficient (Wildman–Crippen LogP) is 3.57. The lowest BCUT2D eigenvalue weighted by molar-refractivity contribution is -0.146. The maximum absolute atomic E-state index is 13.6. The number of nitrogens with zero attached hydrogens (tertiary/aromatic N) is 2. The Bertz CT molecular complexity index is 998. The van der Waals surface area contributed by atoms with Crippen molar-refractivity contribution in [2.45, 2.75) is 12.6 Å². The number of carbonyl (C=O) groups excluding carboxylic acids is 1. The van der Waals surface area contributed by atoms with Crippen LogP contribution in [0.1, 0.15) is 12.1 Å². The number of halogens is 3. The van der Waals surface area contributed by atoms with Crippen molar-refractivity contribution < 1.29 is 27.9 Å². The Kier molecular flexibility index (Phi) is 4.48. The Morgan fingerprint density at radius 2 is 1.76 bits per heavy atom. The van der Waals surface area contributed by atoms with E-state index in [9.17, 15) is 27.9 Å². The number of aromatic nitrogens is 2. The molecule has 2 aliphatic carbocycles. The molecule has 1 amide bonds. The number of benzene rings is 1. The van der Waals surface area contributed by atoms with Crippen molar-refractivity contribution in [2.24, 2.45) is 30.7 Å². The second kappa shape index (κ2) is 6.75. The molecule has 0 saturated heterocycles. The van der Waals surface area contributed by atoms with Crippen molar-refractivity contribution in [3.05, 3.63) is 48.2 Å². The number of hydrogen-bond acceptors (Lipinski definition) is 3. The lowest BCUT2D eigenvalue weighted by atomic mass is 9.82. The Morgan fingerprint density at radius 1 is 1.14 bits per heavy atom. The molecular weight excluding hydrogens is 387 g/mol. The fraction of sp³-hybridized carbons (Fsp3) is 0.350. The summed E-state index contributed by atoms with van der Waals surface area (Å²) in [6.45, 7) is 0. The van der Waals surface area contributed by atoms with Gasteiger partial charge in [0.1, 0.15) is 5.82 Å². The third kappa shape index (κ3) is 3.20. The zero-order valence-corrected chi connectivity index (χ0v) is 15.3. The number of carboxylic acids is 1. The van der Waals surface area contributed by atoms with Gasteiger partial charge in [-0.2, -0.15) is 18.3 Å². The quantitative estimate of drug-likeness (QED) is 0.762. The van der Waals surface area contributed by atoms with Crippen LogP contribution < -0.4 is 5.32 Å². The number of hydrogen-bond donors (Lipinski definition) is 2. The first kappa shape index (κ1) is 19.2. The summed E-state index contributed by atoms with van der Waals surface area (Å²) < 4.78 is 41.7. The first-order chi connectivity index (χ1) is 13.7. The molecule has 9 heteroatoms. The van der Waals surface area contributed by atoms with Crippen LogP contribution in [0.3, 0.4) is 0 Å². The van der Waals surface area contributed by atoms with Gasteiger partial charge in [0.2, 0.25) is 5.91 Å². The fourth-order valence-corrected chi connectivity index (χ4v) is 4.46. The van der Waals surface area contributed by atoms with Gasteiger partial charge in [-0.05, 0) is 23.8 Å². The molecule has 2 aromatic rings. The molecule has 2 N–H and O–H groups in total. The number of carbonyl (C=O) groups is 2. The number of anilines is 1. The maximum Gasteiger partial charge on any atom is 0.435 e. The van der Waals surface area contributed by atoms with Crippen LogP contribution in [0.15, 0.2) is 42.5 Å². The molecule has 1 fully saturated rings. The van der Waals surface area contributed by atoms with Crippen LogP contribution in [0.2, 0.25) is 0 Å². The monoisotopic (exact) mass is 405 g/mol. The molecule has 4 rings (SSSR count). The summed E-state index contributed by atoms with van der Waals surface area (Å²) in [5.74, 6) is -4.00. The van der Waals surface area contributed by atoms with Gasteiger partial charge in [0.05, 0.1) is 17.4 Å². The summed E-state index contributed by atoms with van der Waals surface area (Å²) in [5, 5.41) is 15.7. The van der Waals surface area contributed by atoms with Crippen molar-refractivity contribution in [1.82, 2.24) is 9.78 Å². The summed E-state index contributed by atoms with van der Waals surface area (Å²) in [5.41, 5.74) is -1.09. The van der Waals surface area contributed by atoms with E-state index < -0.39 is 35.6 Å². The van der Waals surface area contributed by atoms with Crippen molar-refractivity contribution in [3.63, 3.8) is 0 Å². The molecule has 152 valence electrons. The molecule has 0 aliphatic heterocycles.